The third kappa shape index (κ3) is 8.11. The summed E-state index contributed by atoms with van der Waals surface area (Å²) in [4.78, 5) is 0. The first-order valence-corrected chi connectivity index (χ1v) is 8.46. The van der Waals surface area contributed by atoms with Crippen LogP contribution in [0.25, 0.3) is 0 Å². The largest absolute Gasteiger partial charge is 0.508 e. The van der Waals surface area contributed by atoms with Crippen LogP contribution < -0.4 is 0 Å². The van der Waals surface area contributed by atoms with E-state index < -0.39 is 0 Å². The fourth-order valence-corrected chi connectivity index (χ4v) is 2.58. The first-order valence-electron chi connectivity index (χ1n) is 8.46. The van der Waals surface area contributed by atoms with E-state index in [0.717, 1.165) is 25.0 Å². The lowest BCUT2D eigenvalue weighted by Gasteiger charge is -2.26. The predicted octanol–water partition coefficient (Wildman–Crippen LogP) is 5.48. The Labute approximate surface area is 130 Å². The van der Waals surface area contributed by atoms with Gasteiger partial charge in [0.05, 0.1) is 5.60 Å². The molecular weight excluding hydrogens is 260 g/mol. The van der Waals surface area contributed by atoms with Crippen LogP contribution in [0.15, 0.2) is 24.3 Å². The van der Waals surface area contributed by atoms with Gasteiger partial charge in [-0.1, -0.05) is 63.6 Å². The zero-order valence-corrected chi connectivity index (χ0v) is 14.0. The van der Waals surface area contributed by atoms with Gasteiger partial charge in [0, 0.05) is 13.0 Å². The lowest BCUT2D eigenvalue weighted by Crippen LogP contribution is -2.28. The first kappa shape index (κ1) is 18.0. The number of aromatic hydroxyl groups is 1. The maximum absolute atomic E-state index is 9.83. The van der Waals surface area contributed by atoms with Crippen molar-refractivity contribution in [3.05, 3.63) is 29.8 Å². The van der Waals surface area contributed by atoms with Gasteiger partial charge in [-0.2, -0.15) is 0 Å². The Morgan fingerprint density at radius 2 is 1.57 bits per heavy atom. The summed E-state index contributed by atoms with van der Waals surface area (Å²) in [5, 5.41) is 9.83. The van der Waals surface area contributed by atoms with E-state index in [2.05, 4.69) is 20.8 Å². The molecule has 0 saturated carbocycles. The molecule has 120 valence electrons. The van der Waals surface area contributed by atoms with E-state index in [1.807, 2.05) is 18.2 Å². The summed E-state index contributed by atoms with van der Waals surface area (Å²) in [6, 6.07) is 7.52. The smallest absolute Gasteiger partial charge is 0.118 e. The van der Waals surface area contributed by atoms with E-state index in [4.69, 9.17) is 4.74 Å². The number of unbranched alkanes of at least 4 members (excludes halogenated alkanes) is 6. The fraction of sp³-hybridized carbons (Fsp3) is 0.684. The van der Waals surface area contributed by atoms with Crippen LogP contribution in [-0.4, -0.2) is 17.3 Å². The van der Waals surface area contributed by atoms with Crippen LogP contribution in [0, 0.1) is 0 Å². The molecule has 0 saturated heterocycles. The van der Waals surface area contributed by atoms with Gasteiger partial charge in [0.25, 0.3) is 0 Å². The minimum atomic E-state index is -0.221. The molecule has 0 unspecified atom stereocenters. The summed E-state index contributed by atoms with van der Waals surface area (Å²) in [6.07, 6.45) is 9.87. The molecule has 0 atom stereocenters. The van der Waals surface area contributed by atoms with Crippen molar-refractivity contribution in [3.8, 4) is 5.75 Å². The number of hydrogen-bond donors (Lipinski definition) is 1. The predicted molar refractivity (Wildman–Crippen MR) is 89.8 cm³/mol. The average molecular weight is 292 g/mol. The maximum atomic E-state index is 9.83. The van der Waals surface area contributed by atoms with Crippen molar-refractivity contribution < 1.29 is 9.84 Å². The molecule has 0 aliphatic rings. The lowest BCUT2D eigenvalue weighted by molar-refractivity contribution is -0.0190. The van der Waals surface area contributed by atoms with E-state index >= 15 is 0 Å². The van der Waals surface area contributed by atoms with E-state index in [-0.39, 0.29) is 5.60 Å². The average Bonchev–Trinajstić information content (AvgIpc) is 2.44. The van der Waals surface area contributed by atoms with Crippen molar-refractivity contribution in [3.63, 3.8) is 0 Å². The Morgan fingerprint density at radius 1 is 0.952 bits per heavy atom. The highest BCUT2D eigenvalue weighted by Crippen LogP contribution is 2.24. The highest BCUT2D eigenvalue weighted by molar-refractivity contribution is 5.32. The Hall–Kier alpha value is -1.02. The summed E-state index contributed by atoms with van der Waals surface area (Å²) in [6.45, 7) is 7.26. The molecule has 1 rings (SSSR count). The van der Waals surface area contributed by atoms with Crippen LogP contribution in [0.3, 0.4) is 0 Å². The Morgan fingerprint density at radius 3 is 2.24 bits per heavy atom. The number of hydrogen-bond acceptors (Lipinski definition) is 2. The van der Waals surface area contributed by atoms with Gasteiger partial charge in [-0.25, -0.2) is 0 Å². The van der Waals surface area contributed by atoms with Crippen molar-refractivity contribution in [2.75, 3.05) is 6.61 Å². The number of ether oxygens (including phenoxy) is 1. The molecule has 0 radical (unpaired) electrons. The van der Waals surface area contributed by atoms with Gasteiger partial charge in [0.2, 0.25) is 0 Å². The van der Waals surface area contributed by atoms with Gasteiger partial charge >= 0.3 is 0 Å². The van der Waals surface area contributed by atoms with Gasteiger partial charge in [-0.3, -0.25) is 0 Å². The molecule has 1 aromatic rings. The quantitative estimate of drug-likeness (QED) is 0.547. The Kier molecular flexibility index (Phi) is 8.44. The number of para-hydroxylation sites is 1. The molecule has 0 aliphatic carbocycles. The third-order valence-electron chi connectivity index (χ3n) is 3.85. The molecule has 0 heterocycles. The van der Waals surface area contributed by atoms with Gasteiger partial charge < -0.3 is 9.84 Å². The van der Waals surface area contributed by atoms with E-state index in [1.165, 1.54) is 38.5 Å². The zero-order chi connectivity index (χ0) is 15.6. The SMILES string of the molecule is CCCCCCCCCOC(C)(C)Cc1ccccc1O. The molecule has 0 amide bonds. The molecule has 1 N–H and O–H groups in total. The molecule has 1 aromatic carbocycles. The van der Waals surface area contributed by atoms with Crippen LogP contribution in [0.4, 0.5) is 0 Å². The minimum Gasteiger partial charge on any atom is -0.508 e. The van der Waals surface area contributed by atoms with Crippen molar-refractivity contribution in [2.24, 2.45) is 0 Å². The van der Waals surface area contributed by atoms with E-state index in [0.29, 0.717) is 5.75 Å². The maximum Gasteiger partial charge on any atom is 0.118 e. The second-order valence-corrected chi connectivity index (χ2v) is 6.53. The number of rotatable bonds is 11. The molecule has 2 heteroatoms. The first-order chi connectivity index (χ1) is 10.0. The summed E-state index contributed by atoms with van der Waals surface area (Å²) in [5.41, 5.74) is 0.739. The van der Waals surface area contributed by atoms with E-state index in [9.17, 15) is 5.11 Å². The zero-order valence-electron chi connectivity index (χ0n) is 14.0. The van der Waals surface area contributed by atoms with Gasteiger partial charge in [-0.05, 0) is 31.9 Å². The number of phenols is 1. The van der Waals surface area contributed by atoms with Gasteiger partial charge in [0.15, 0.2) is 0 Å². The third-order valence-corrected chi connectivity index (χ3v) is 3.85. The molecule has 0 aromatic heterocycles. The number of phenolic OH excluding ortho intramolecular Hbond substituents is 1. The van der Waals surface area contributed by atoms with Crippen molar-refractivity contribution >= 4 is 0 Å². The van der Waals surface area contributed by atoms with Crippen molar-refractivity contribution in [1.82, 2.24) is 0 Å². The monoisotopic (exact) mass is 292 g/mol. The normalized spacial score (nSPS) is 11.8. The van der Waals surface area contributed by atoms with Gasteiger partial charge in [0.1, 0.15) is 5.75 Å². The standard InChI is InChI=1S/C19H32O2/c1-4-5-6-7-8-9-12-15-21-19(2,3)16-17-13-10-11-14-18(17)20/h10-11,13-14,20H,4-9,12,15-16H2,1-3H3. The summed E-state index contributed by atoms with van der Waals surface area (Å²) in [5.74, 6) is 0.366. The molecule has 2 nitrogen and oxygen atoms in total. The summed E-state index contributed by atoms with van der Waals surface area (Å²) >= 11 is 0. The van der Waals surface area contributed by atoms with Crippen LogP contribution in [0.1, 0.15) is 71.3 Å². The molecule has 0 aliphatic heterocycles. The molecular formula is C19H32O2. The molecule has 0 fully saturated rings. The Balaban J connectivity index is 2.17. The molecule has 0 bridgehead atoms. The van der Waals surface area contributed by atoms with Crippen LogP contribution >= 0.6 is 0 Å². The topological polar surface area (TPSA) is 29.5 Å². The fourth-order valence-electron chi connectivity index (χ4n) is 2.58. The summed E-state index contributed by atoms with van der Waals surface area (Å²) in [7, 11) is 0. The number of benzene rings is 1. The van der Waals surface area contributed by atoms with Gasteiger partial charge in [-0.15, -0.1) is 0 Å². The second-order valence-electron chi connectivity index (χ2n) is 6.53. The van der Waals surface area contributed by atoms with Crippen LogP contribution in [0.5, 0.6) is 5.75 Å². The highest BCUT2D eigenvalue weighted by Gasteiger charge is 2.20. The van der Waals surface area contributed by atoms with Crippen molar-refractivity contribution in [1.29, 1.82) is 0 Å². The molecule has 0 spiro atoms. The van der Waals surface area contributed by atoms with Crippen LogP contribution in [0.2, 0.25) is 0 Å². The second kappa shape index (κ2) is 9.83. The minimum absolute atomic E-state index is 0.221. The highest BCUT2D eigenvalue weighted by atomic mass is 16.5. The summed E-state index contributed by atoms with van der Waals surface area (Å²) < 4.78 is 6.01. The van der Waals surface area contributed by atoms with Crippen LogP contribution in [-0.2, 0) is 11.2 Å². The lowest BCUT2D eigenvalue weighted by atomic mass is 9.97. The van der Waals surface area contributed by atoms with Crippen molar-refractivity contribution in [2.45, 2.75) is 77.7 Å². The van der Waals surface area contributed by atoms with E-state index in [1.54, 1.807) is 6.07 Å². The molecule has 21 heavy (non-hydrogen) atoms. The Bertz CT molecular complexity index is 385.